The molecule has 148 heavy (non-hydrogen) atoms. The molecule has 0 aromatic heterocycles. The molecule has 0 amide bonds. The van der Waals surface area contributed by atoms with Crippen LogP contribution in [0.15, 0.2) is 510 Å². The van der Waals surface area contributed by atoms with E-state index >= 15 is 0 Å². The Kier molecular flexibility index (Phi) is 39.0. The highest BCUT2D eigenvalue weighted by Crippen LogP contribution is 2.82. The van der Waals surface area contributed by atoms with Gasteiger partial charge >= 0.3 is 22.0 Å². The lowest BCUT2D eigenvalue weighted by Crippen LogP contribution is -2.46. The first-order valence-electron chi connectivity index (χ1n) is 43.7. The van der Waals surface area contributed by atoms with Crippen molar-refractivity contribution < 1.29 is 113 Å². The van der Waals surface area contributed by atoms with E-state index in [2.05, 4.69) is 497 Å². The molecule has 17 aromatic carbocycles. The third-order valence-electron chi connectivity index (χ3n) is 22.4. The Morgan fingerprint density at radius 3 is 0.358 bits per heavy atom. The van der Waals surface area contributed by atoms with Gasteiger partial charge in [0.25, 0.3) is 0 Å². The second kappa shape index (κ2) is 50.1. The molecule has 0 aliphatic heterocycles. The maximum Gasteiger partial charge on any atom is 0.485 e. The van der Waals surface area contributed by atoms with Crippen LogP contribution >= 0.6 is 42.8 Å². The number of nitriles is 2. The minimum atomic E-state index is -6.09. The SMILES string of the molecule is Fc1ccccc1F.N#CP(=C([P+](c1ccccc1)(c1ccccc1)c1ccccc1)[P+](c1ccccc1)(c1ccccc1)c1ccccc1)(c1ccccc1)c1ccccc1.N#CP(=C([P+](c1ccccc1)(c1ccccc1)c1ccccc1)[P+](c1ccccc1)(c1ccccc1)c1ccccc1)(c1ccccc1)c1ccccc1.O=S(=O)([O-])C(F)(F)F.O=S(=O)([O-])C(F)(F)F.O=S(=O)([O-])C(F)(F)F.O=S(=O)([O-])C(F)(F)F. The van der Waals surface area contributed by atoms with E-state index in [9.17, 15) is 72.0 Å². The Bertz CT molecular complexity index is 6630. The topological polar surface area (TPSA) is 276 Å². The molecule has 0 radical (unpaired) electrons. The summed E-state index contributed by atoms with van der Waals surface area (Å²) in [5.41, 5.74) is -22.6. The maximum atomic E-state index is 12.7. The molecule has 0 fully saturated rings. The summed E-state index contributed by atoms with van der Waals surface area (Å²) in [7, 11) is -36.2. The molecule has 0 unspecified atom stereocenters. The molecule has 0 aliphatic rings. The van der Waals surface area contributed by atoms with E-state index in [1.807, 2.05) is 0 Å². The molecule has 0 atom stereocenters. The van der Waals surface area contributed by atoms with Crippen LogP contribution in [-0.2, 0) is 40.5 Å². The zero-order valence-corrected chi connectivity index (χ0v) is 85.5. The molecule has 0 heterocycles. The number of alkyl halides is 12. The Morgan fingerprint density at radius 1 is 0.189 bits per heavy atom. The molecular weight excluding hydrogens is 2120 g/mol. The molecule has 758 valence electrons. The van der Waals surface area contributed by atoms with E-state index in [0.717, 1.165) is 33.4 Å². The van der Waals surface area contributed by atoms with Crippen LogP contribution in [0, 0.1) is 33.8 Å². The fraction of sp³-hybridized carbons (Fsp3) is 0.0364. The van der Waals surface area contributed by atoms with Crippen molar-refractivity contribution in [3.63, 3.8) is 0 Å². The largest absolute Gasteiger partial charge is 0.741 e. The van der Waals surface area contributed by atoms with Crippen molar-refractivity contribution in [2.24, 2.45) is 0 Å². The summed E-state index contributed by atoms with van der Waals surface area (Å²) in [5.74, 6) is 5.02. The van der Waals surface area contributed by atoms with Gasteiger partial charge in [-0.25, -0.2) is 42.5 Å². The van der Waals surface area contributed by atoms with Gasteiger partial charge in [0.1, 0.15) is 89.0 Å². The van der Waals surface area contributed by atoms with Crippen LogP contribution in [0.3, 0.4) is 0 Å². The molecule has 17 rings (SSSR count). The van der Waals surface area contributed by atoms with E-state index in [0.29, 0.717) is 0 Å². The summed E-state index contributed by atoms with van der Waals surface area (Å²) >= 11 is 0. The van der Waals surface area contributed by atoms with Crippen molar-refractivity contribution in [3.05, 3.63) is 521 Å². The number of halogens is 14. The van der Waals surface area contributed by atoms with Crippen LogP contribution in [-0.4, -0.2) is 83.5 Å². The van der Waals surface area contributed by atoms with Gasteiger partial charge in [-0.05, 0) is 158 Å². The first-order chi connectivity index (χ1) is 70.3. The number of benzene rings is 17. The number of nitrogens with zero attached hydrogens (tertiary/aromatic N) is 2. The Balaban J connectivity index is 0.000000205. The van der Waals surface area contributed by atoms with Crippen molar-refractivity contribution >= 4 is 178 Å². The molecule has 0 aliphatic carbocycles. The molecule has 0 N–H and O–H groups in total. The van der Waals surface area contributed by atoms with Crippen LogP contribution in [0.1, 0.15) is 0 Å². The Hall–Kier alpha value is -13.3. The molecule has 0 saturated heterocycles. The minimum absolute atomic E-state index is 0.799. The van der Waals surface area contributed by atoms with Gasteiger partial charge in [0, 0.05) is 21.2 Å². The van der Waals surface area contributed by atoms with E-state index in [1.54, 1.807) is 0 Å². The van der Waals surface area contributed by atoms with Crippen molar-refractivity contribution in [1.82, 2.24) is 0 Å². The van der Waals surface area contributed by atoms with Crippen molar-refractivity contribution in [3.8, 4) is 11.6 Å². The quantitative estimate of drug-likeness (QED) is 0.0297. The number of hydrogen-bond acceptors (Lipinski definition) is 14. The van der Waals surface area contributed by atoms with E-state index in [-0.39, 0.29) is 0 Å². The lowest BCUT2D eigenvalue weighted by atomic mass is 10.3. The molecule has 14 nitrogen and oxygen atoms in total. The lowest BCUT2D eigenvalue weighted by Gasteiger charge is -2.39. The summed E-state index contributed by atoms with van der Waals surface area (Å²) in [6, 6.07) is 181. The summed E-state index contributed by atoms with van der Waals surface area (Å²) in [6.45, 7) is -6.41. The molecule has 0 spiro atoms. The molecule has 0 bridgehead atoms. The van der Waals surface area contributed by atoms with E-state index in [1.165, 1.54) is 85.3 Å². The van der Waals surface area contributed by atoms with Crippen LogP contribution in [0.2, 0.25) is 0 Å². The van der Waals surface area contributed by atoms with Gasteiger partial charge in [-0.3, -0.25) is 0 Å². The second-order valence-electron chi connectivity index (χ2n) is 31.2. The van der Waals surface area contributed by atoms with Crippen LogP contribution < -0.4 is 84.9 Å². The summed E-state index contributed by atoms with van der Waals surface area (Å²) in [4.78, 5) is 0. The van der Waals surface area contributed by atoms with Crippen molar-refractivity contribution in [1.29, 1.82) is 10.5 Å². The van der Waals surface area contributed by atoms with Crippen LogP contribution in [0.25, 0.3) is 0 Å². The number of rotatable bonds is 20. The highest BCUT2D eigenvalue weighted by molar-refractivity contribution is 8.41. The average Bonchev–Trinajstić information content (AvgIpc) is 0.674. The lowest BCUT2D eigenvalue weighted by molar-refractivity contribution is -0.0522. The molecule has 38 heteroatoms. The van der Waals surface area contributed by atoms with Crippen LogP contribution in [0.5, 0.6) is 0 Å². The van der Waals surface area contributed by atoms with Gasteiger partial charge < -0.3 is 18.2 Å². The smallest absolute Gasteiger partial charge is 0.485 e. The Labute approximate surface area is 850 Å². The predicted octanol–water partition coefficient (Wildman–Crippen LogP) is 20.6. The standard InChI is InChI=1S/2C50H40NP3.C6H4F2.4CHF3O3S/c2*51-41-52(42-25-9-1-10-26-42,43-27-11-2-12-28-43)50(53(44-29-13-3-14-30-44,45-31-15-4-16-32-45)46-33-17-5-18-34-46)54(47-35-19-6-20-36-47,48-37-21-7-22-38-48)49-39-23-8-24-40-49;7-5-3-1-2-4-6(5)8;4*2-1(3,4)8(5,6)7/h2*1-40H;1-4H;4*(H,5,6,7)/q2*+2;;;;;/p-4. The van der Waals surface area contributed by atoms with Gasteiger partial charge in [0.15, 0.2) is 81.2 Å². The first-order valence-corrected chi connectivity index (χ1v) is 60.0. The summed E-state index contributed by atoms with van der Waals surface area (Å²) in [6.07, 6.45) is 0. The molecule has 0 saturated carbocycles. The summed E-state index contributed by atoms with van der Waals surface area (Å²) in [5, 5.41) is 44.4. The van der Waals surface area contributed by atoms with Crippen molar-refractivity contribution in [2.45, 2.75) is 22.0 Å². The van der Waals surface area contributed by atoms with Gasteiger partial charge in [0.05, 0.1) is 0 Å². The predicted molar refractivity (Wildman–Crippen MR) is 569 cm³/mol. The highest BCUT2D eigenvalue weighted by Gasteiger charge is 2.72. The fourth-order valence-corrected chi connectivity index (χ4v) is 57.3. The first kappa shape index (κ1) is 115. The van der Waals surface area contributed by atoms with Gasteiger partial charge in [-0.2, -0.15) is 63.2 Å². The summed E-state index contributed by atoms with van der Waals surface area (Å²) < 4.78 is 262. The average molecular weight is 2210 g/mol. The van der Waals surface area contributed by atoms with Gasteiger partial charge in [0.2, 0.25) is 9.55 Å². The van der Waals surface area contributed by atoms with Gasteiger partial charge in [-0.1, -0.05) is 352 Å². The minimum Gasteiger partial charge on any atom is -0.741 e. The van der Waals surface area contributed by atoms with Crippen molar-refractivity contribution in [2.75, 3.05) is 0 Å². The normalized spacial score (nSPS) is 12.1. The zero-order valence-electron chi connectivity index (χ0n) is 76.9. The maximum absolute atomic E-state index is 12.7. The fourth-order valence-electron chi connectivity index (χ4n) is 16.5. The second-order valence-corrected chi connectivity index (χ2v) is 58.2. The highest BCUT2D eigenvalue weighted by atomic mass is 32.2. The zero-order chi connectivity index (χ0) is 107. The third-order valence-corrected chi connectivity index (χ3v) is 56.8. The number of hydrogen-bond donors (Lipinski definition) is 0. The van der Waals surface area contributed by atoms with E-state index < -0.39 is 117 Å². The molecule has 17 aromatic rings. The van der Waals surface area contributed by atoms with E-state index in [4.69, 9.17) is 51.9 Å². The van der Waals surface area contributed by atoms with Crippen LogP contribution in [0.4, 0.5) is 61.5 Å². The monoisotopic (exact) mass is 2200 g/mol. The third kappa shape index (κ3) is 25.6. The van der Waals surface area contributed by atoms with Gasteiger partial charge in [-0.15, -0.1) is 0 Å². The Morgan fingerprint density at radius 2 is 0.277 bits per heavy atom. The molecular formula is C110H84F14N2O12P6S4.